The Morgan fingerprint density at radius 3 is 2.81 bits per heavy atom. The average Bonchev–Trinajstić information content (AvgIpc) is 2.44. The first-order chi connectivity index (χ1) is 10.2. The summed E-state index contributed by atoms with van der Waals surface area (Å²) in [6.45, 7) is 2.15. The molecule has 0 spiro atoms. The van der Waals surface area contributed by atoms with Crippen molar-refractivity contribution in [3.63, 3.8) is 0 Å². The van der Waals surface area contributed by atoms with Gasteiger partial charge in [-0.2, -0.15) is 0 Å². The molecule has 1 fully saturated rings. The van der Waals surface area contributed by atoms with E-state index in [0.29, 0.717) is 6.42 Å². The van der Waals surface area contributed by atoms with Gasteiger partial charge in [0.15, 0.2) is 0 Å². The highest BCUT2D eigenvalue weighted by atomic mass is 16.5. The van der Waals surface area contributed by atoms with Crippen LogP contribution in [0, 0.1) is 17.8 Å². The highest BCUT2D eigenvalue weighted by Gasteiger charge is 2.19. The molecule has 1 aliphatic carbocycles. The van der Waals surface area contributed by atoms with E-state index in [0.717, 1.165) is 30.3 Å². The van der Waals surface area contributed by atoms with Crippen LogP contribution in [0.15, 0.2) is 18.2 Å². The summed E-state index contributed by atoms with van der Waals surface area (Å²) >= 11 is 0. The molecule has 0 atom stereocenters. The van der Waals surface area contributed by atoms with Crippen LogP contribution in [0.5, 0.6) is 5.75 Å². The van der Waals surface area contributed by atoms with E-state index in [2.05, 4.69) is 29.9 Å². The number of hydrogen-bond acceptors (Lipinski definition) is 3. The summed E-state index contributed by atoms with van der Waals surface area (Å²) in [4.78, 5) is 2.37. The van der Waals surface area contributed by atoms with Crippen LogP contribution in [0.1, 0.15) is 36.8 Å². The minimum absolute atomic E-state index is 0.111. The summed E-state index contributed by atoms with van der Waals surface area (Å²) in [7, 11) is 3.88. The standard InChI is InChI=1S/C18H25NO2/c1-19(13-16-7-5-8-16)14-17-12-15(6-3-4-11-20)9-10-18(17)21-2/h9-10,12,16,20H,4-5,7-8,11,13-14H2,1-2H3. The van der Waals surface area contributed by atoms with Crippen molar-refractivity contribution in [2.75, 3.05) is 27.3 Å². The van der Waals surface area contributed by atoms with Crippen LogP contribution < -0.4 is 4.74 Å². The first-order valence-electron chi connectivity index (χ1n) is 7.68. The predicted molar refractivity (Wildman–Crippen MR) is 85.2 cm³/mol. The first-order valence-corrected chi connectivity index (χ1v) is 7.68. The largest absolute Gasteiger partial charge is 0.496 e. The maximum Gasteiger partial charge on any atom is 0.123 e. The van der Waals surface area contributed by atoms with Crippen LogP contribution in [0.25, 0.3) is 0 Å². The van der Waals surface area contributed by atoms with E-state index in [-0.39, 0.29) is 6.61 Å². The second kappa shape index (κ2) is 8.07. The lowest BCUT2D eigenvalue weighted by Crippen LogP contribution is -2.29. The van der Waals surface area contributed by atoms with E-state index >= 15 is 0 Å². The molecule has 0 saturated heterocycles. The van der Waals surface area contributed by atoms with Crippen molar-refractivity contribution in [1.82, 2.24) is 4.90 Å². The van der Waals surface area contributed by atoms with Crippen molar-refractivity contribution in [2.45, 2.75) is 32.2 Å². The molecule has 1 aliphatic rings. The van der Waals surface area contributed by atoms with E-state index in [1.807, 2.05) is 12.1 Å². The molecule has 0 heterocycles. The number of ether oxygens (including phenoxy) is 1. The molecule has 0 radical (unpaired) electrons. The van der Waals surface area contributed by atoms with Gasteiger partial charge in [0.05, 0.1) is 13.7 Å². The summed E-state index contributed by atoms with van der Waals surface area (Å²) in [5.41, 5.74) is 2.16. The van der Waals surface area contributed by atoms with Crippen LogP contribution in [0.3, 0.4) is 0 Å². The van der Waals surface area contributed by atoms with Gasteiger partial charge in [0.1, 0.15) is 5.75 Å². The van der Waals surface area contributed by atoms with Crippen LogP contribution in [-0.2, 0) is 6.54 Å². The summed E-state index contributed by atoms with van der Waals surface area (Å²) < 4.78 is 5.46. The monoisotopic (exact) mass is 287 g/mol. The zero-order chi connectivity index (χ0) is 15.1. The van der Waals surface area contributed by atoms with Gasteiger partial charge in [-0.15, -0.1) is 0 Å². The predicted octanol–water partition coefficient (Wildman–Crippen LogP) is 2.66. The minimum atomic E-state index is 0.111. The SMILES string of the molecule is COc1ccc(C#CCCO)cc1CN(C)CC1CCC1. The van der Waals surface area contributed by atoms with Crippen molar-refractivity contribution < 1.29 is 9.84 Å². The third-order valence-corrected chi connectivity index (χ3v) is 3.98. The molecule has 2 rings (SSSR count). The Kier molecular flexibility index (Phi) is 6.10. The summed E-state index contributed by atoms with van der Waals surface area (Å²) in [6.07, 6.45) is 4.64. The van der Waals surface area contributed by atoms with E-state index in [9.17, 15) is 0 Å². The quantitative estimate of drug-likeness (QED) is 0.817. The van der Waals surface area contributed by atoms with Crippen LogP contribution in [0.4, 0.5) is 0 Å². The lowest BCUT2D eigenvalue weighted by Gasteiger charge is -2.30. The zero-order valence-corrected chi connectivity index (χ0v) is 13.1. The molecule has 21 heavy (non-hydrogen) atoms. The highest BCUT2D eigenvalue weighted by Crippen LogP contribution is 2.28. The number of hydrogen-bond donors (Lipinski definition) is 1. The smallest absolute Gasteiger partial charge is 0.123 e. The number of aliphatic hydroxyl groups excluding tert-OH is 1. The fraction of sp³-hybridized carbons (Fsp3) is 0.556. The molecule has 0 unspecified atom stereocenters. The third-order valence-electron chi connectivity index (χ3n) is 3.98. The molecule has 1 aromatic rings. The second-order valence-electron chi connectivity index (χ2n) is 5.80. The molecule has 0 amide bonds. The molecule has 3 nitrogen and oxygen atoms in total. The van der Waals surface area contributed by atoms with Gasteiger partial charge in [-0.05, 0) is 44.0 Å². The van der Waals surface area contributed by atoms with Gasteiger partial charge >= 0.3 is 0 Å². The number of aliphatic hydroxyl groups is 1. The Morgan fingerprint density at radius 1 is 1.38 bits per heavy atom. The van der Waals surface area contributed by atoms with Crippen molar-refractivity contribution in [2.24, 2.45) is 5.92 Å². The van der Waals surface area contributed by atoms with Gasteiger partial charge < -0.3 is 14.7 Å². The molecule has 0 aliphatic heterocycles. The Hall–Kier alpha value is -1.50. The van der Waals surface area contributed by atoms with Gasteiger partial charge in [0, 0.05) is 30.6 Å². The fourth-order valence-electron chi connectivity index (χ4n) is 2.67. The van der Waals surface area contributed by atoms with Crippen molar-refractivity contribution in [3.05, 3.63) is 29.3 Å². The Morgan fingerprint density at radius 2 is 2.19 bits per heavy atom. The van der Waals surface area contributed by atoms with E-state index in [1.54, 1.807) is 7.11 Å². The van der Waals surface area contributed by atoms with Crippen molar-refractivity contribution in [1.29, 1.82) is 0 Å². The van der Waals surface area contributed by atoms with Crippen LogP contribution >= 0.6 is 0 Å². The molecule has 1 N–H and O–H groups in total. The van der Waals surface area contributed by atoms with E-state index in [1.165, 1.54) is 24.8 Å². The first kappa shape index (κ1) is 15.9. The topological polar surface area (TPSA) is 32.7 Å². The Balaban J connectivity index is 2.04. The van der Waals surface area contributed by atoms with Gasteiger partial charge in [-0.25, -0.2) is 0 Å². The maximum absolute atomic E-state index is 8.78. The third kappa shape index (κ3) is 4.77. The lowest BCUT2D eigenvalue weighted by atomic mass is 9.85. The summed E-state index contributed by atoms with van der Waals surface area (Å²) in [5.74, 6) is 7.84. The Labute approximate surface area is 127 Å². The minimum Gasteiger partial charge on any atom is -0.496 e. The number of methoxy groups -OCH3 is 1. The number of rotatable bonds is 6. The molecular weight excluding hydrogens is 262 g/mol. The van der Waals surface area contributed by atoms with Gasteiger partial charge in [-0.3, -0.25) is 0 Å². The van der Waals surface area contributed by atoms with Gasteiger partial charge in [-0.1, -0.05) is 18.3 Å². The Bertz CT molecular complexity index is 512. The molecule has 3 heteroatoms. The average molecular weight is 287 g/mol. The van der Waals surface area contributed by atoms with E-state index < -0.39 is 0 Å². The summed E-state index contributed by atoms with van der Waals surface area (Å²) in [6, 6.07) is 6.05. The maximum atomic E-state index is 8.78. The molecule has 0 aromatic heterocycles. The summed E-state index contributed by atoms with van der Waals surface area (Å²) in [5, 5.41) is 8.78. The van der Waals surface area contributed by atoms with Gasteiger partial charge in [0.2, 0.25) is 0 Å². The molecule has 1 aromatic carbocycles. The number of benzene rings is 1. The molecular formula is C18H25NO2. The van der Waals surface area contributed by atoms with Gasteiger partial charge in [0.25, 0.3) is 0 Å². The van der Waals surface area contributed by atoms with Crippen LogP contribution in [0.2, 0.25) is 0 Å². The number of nitrogens with zero attached hydrogens (tertiary/aromatic N) is 1. The fourth-order valence-corrected chi connectivity index (χ4v) is 2.67. The molecule has 114 valence electrons. The lowest BCUT2D eigenvalue weighted by molar-refractivity contribution is 0.199. The van der Waals surface area contributed by atoms with Crippen molar-refractivity contribution >= 4 is 0 Å². The van der Waals surface area contributed by atoms with E-state index in [4.69, 9.17) is 9.84 Å². The second-order valence-corrected chi connectivity index (χ2v) is 5.80. The molecule has 0 bridgehead atoms. The zero-order valence-electron chi connectivity index (χ0n) is 13.1. The van der Waals surface area contributed by atoms with Crippen LogP contribution in [-0.4, -0.2) is 37.3 Å². The normalized spacial score (nSPS) is 14.5. The highest BCUT2D eigenvalue weighted by molar-refractivity contribution is 5.44. The molecule has 1 saturated carbocycles. The van der Waals surface area contributed by atoms with Crippen molar-refractivity contribution in [3.8, 4) is 17.6 Å².